The van der Waals surface area contributed by atoms with Gasteiger partial charge in [-0.25, -0.2) is 0 Å². The number of halogens is 1. The molecule has 2 nitrogen and oxygen atoms in total. The minimum atomic E-state index is -0.278. The van der Waals surface area contributed by atoms with Gasteiger partial charge in [0.15, 0.2) is 0 Å². The maximum Gasteiger partial charge on any atom is 0.220 e. The van der Waals surface area contributed by atoms with Gasteiger partial charge in [0.2, 0.25) is 5.91 Å². The first kappa shape index (κ1) is 10.1. The molecule has 1 amide bonds. The second kappa shape index (κ2) is 4.28. The van der Waals surface area contributed by atoms with Crippen molar-refractivity contribution in [1.82, 2.24) is 0 Å². The maximum atomic E-state index is 10.8. The fourth-order valence-electron chi connectivity index (χ4n) is 1.12. The molecular formula is C10H12ClNO. The van der Waals surface area contributed by atoms with Crippen LogP contribution in [0.4, 0.5) is 0 Å². The number of carbonyl (C=O) groups excluding carboxylic acids is 1. The molecule has 2 N–H and O–H groups in total. The van der Waals surface area contributed by atoms with Crippen LogP contribution in [0.2, 0.25) is 5.02 Å². The molecule has 0 aliphatic carbocycles. The zero-order valence-electron chi connectivity index (χ0n) is 7.46. The highest BCUT2D eigenvalue weighted by Gasteiger charge is 2.09. The van der Waals surface area contributed by atoms with Crippen molar-refractivity contribution in [1.29, 1.82) is 0 Å². The summed E-state index contributed by atoms with van der Waals surface area (Å²) in [5, 5.41) is 0.689. The second-order valence-electron chi connectivity index (χ2n) is 3.14. The molecule has 0 aliphatic rings. The van der Waals surface area contributed by atoms with Gasteiger partial charge in [-0.1, -0.05) is 30.7 Å². The van der Waals surface area contributed by atoms with Gasteiger partial charge in [0.1, 0.15) is 0 Å². The second-order valence-corrected chi connectivity index (χ2v) is 3.57. The molecule has 0 aromatic heterocycles. The largest absolute Gasteiger partial charge is 0.369 e. The molecule has 0 radical (unpaired) electrons. The van der Waals surface area contributed by atoms with Crippen LogP contribution >= 0.6 is 11.6 Å². The zero-order valence-corrected chi connectivity index (χ0v) is 8.21. The molecule has 1 unspecified atom stereocenters. The summed E-state index contributed by atoms with van der Waals surface area (Å²) in [5.74, 6) is -0.418. The average Bonchev–Trinajstić information content (AvgIpc) is 2.04. The van der Waals surface area contributed by atoms with Crippen molar-refractivity contribution in [2.45, 2.75) is 13.3 Å². The topological polar surface area (TPSA) is 43.1 Å². The molecule has 0 spiro atoms. The molecule has 0 saturated carbocycles. The lowest BCUT2D eigenvalue weighted by atomic mass is 10.0. The van der Waals surface area contributed by atoms with E-state index < -0.39 is 0 Å². The summed E-state index contributed by atoms with van der Waals surface area (Å²) in [7, 11) is 0. The number of carbonyl (C=O) groups is 1. The van der Waals surface area contributed by atoms with E-state index in [0.717, 1.165) is 5.56 Å². The van der Waals surface area contributed by atoms with E-state index in [4.69, 9.17) is 17.3 Å². The zero-order chi connectivity index (χ0) is 9.84. The summed E-state index contributed by atoms with van der Waals surface area (Å²) in [6, 6.07) is 7.46. The summed E-state index contributed by atoms with van der Waals surface area (Å²) in [6.45, 7) is 1.81. The quantitative estimate of drug-likeness (QED) is 0.792. The summed E-state index contributed by atoms with van der Waals surface area (Å²) >= 11 is 5.79. The molecule has 1 aromatic rings. The van der Waals surface area contributed by atoms with Gasteiger partial charge in [0.05, 0.1) is 0 Å². The van der Waals surface area contributed by atoms with E-state index in [1.807, 2.05) is 25.1 Å². The Kier molecular flexibility index (Phi) is 3.32. The number of amides is 1. The van der Waals surface area contributed by atoms with Crippen LogP contribution in [0.25, 0.3) is 0 Å². The van der Waals surface area contributed by atoms with Crippen molar-refractivity contribution in [3.05, 3.63) is 34.9 Å². The van der Waals surface area contributed by atoms with E-state index in [1.54, 1.807) is 6.07 Å². The van der Waals surface area contributed by atoms with Gasteiger partial charge in [0.25, 0.3) is 0 Å². The van der Waals surface area contributed by atoms with Gasteiger partial charge in [-0.3, -0.25) is 4.79 Å². The third-order valence-corrected chi connectivity index (χ3v) is 2.15. The third-order valence-electron chi connectivity index (χ3n) is 1.92. The van der Waals surface area contributed by atoms with E-state index in [0.29, 0.717) is 11.4 Å². The highest BCUT2D eigenvalue weighted by molar-refractivity contribution is 6.30. The molecule has 70 valence electrons. The van der Waals surface area contributed by atoms with Crippen molar-refractivity contribution in [3.8, 4) is 0 Å². The molecule has 1 rings (SSSR count). The molecule has 13 heavy (non-hydrogen) atoms. The van der Waals surface area contributed by atoms with Crippen LogP contribution < -0.4 is 5.73 Å². The van der Waals surface area contributed by atoms with E-state index in [-0.39, 0.29) is 11.8 Å². The summed E-state index contributed by atoms with van der Waals surface area (Å²) in [6.07, 6.45) is 0.649. The predicted octanol–water partition coefficient (Wildman–Crippen LogP) is 2.00. The van der Waals surface area contributed by atoms with Crippen molar-refractivity contribution in [2.75, 3.05) is 0 Å². The van der Waals surface area contributed by atoms with Crippen LogP contribution in [0.15, 0.2) is 24.3 Å². The van der Waals surface area contributed by atoms with Crippen LogP contribution in [0.5, 0.6) is 0 Å². The highest BCUT2D eigenvalue weighted by Crippen LogP contribution is 2.14. The minimum absolute atomic E-state index is 0.140. The Labute approximate surface area is 82.7 Å². The van der Waals surface area contributed by atoms with Crippen LogP contribution in [0, 0.1) is 5.92 Å². The fraction of sp³-hybridized carbons (Fsp3) is 0.300. The summed E-state index contributed by atoms with van der Waals surface area (Å²) < 4.78 is 0. The Bertz CT molecular complexity index is 312. The molecule has 0 aliphatic heterocycles. The minimum Gasteiger partial charge on any atom is -0.369 e. The standard InChI is InChI=1S/C10H12ClNO/c1-7(10(12)13)5-8-3-2-4-9(11)6-8/h2-4,6-7H,5H2,1H3,(H2,12,13). The Hall–Kier alpha value is -1.02. The summed E-state index contributed by atoms with van der Waals surface area (Å²) in [4.78, 5) is 10.8. The van der Waals surface area contributed by atoms with Crippen molar-refractivity contribution in [3.63, 3.8) is 0 Å². The third kappa shape index (κ3) is 3.07. The van der Waals surface area contributed by atoms with Gasteiger partial charge in [-0.2, -0.15) is 0 Å². The predicted molar refractivity (Wildman–Crippen MR) is 53.5 cm³/mol. The normalized spacial score (nSPS) is 12.5. The smallest absolute Gasteiger partial charge is 0.220 e. The van der Waals surface area contributed by atoms with E-state index in [1.165, 1.54) is 0 Å². The number of hydrogen-bond acceptors (Lipinski definition) is 1. The van der Waals surface area contributed by atoms with Gasteiger partial charge >= 0.3 is 0 Å². The number of rotatable bonds is 3. The monoisotopic (exact) mass is 197 g/mol. The Morgan fingerprint density at radius 1 is 1.62 bits per heavy atom. The number of nitrogens with two attached hydrogens (primary N) is 1. The summed E-state index contributed by atoms with van der Waals surface area (Å²) in [5.41, 5.74) is 6.19. The van der Waals surface area contributed by atoms with Gasteiger partial charge in [0, 0.05) is 10.9 Å². The van der Waals surface area contributed by atoms with Crippen LogP contribution in [0.1, 0.15) is 12.5 Å². The molecule has 0 saturated heterocycles. The Morgan fingerprint density at radius 3 is 2.85 bits per heavy atom. The first-order valence-electron chi connectivity index (χ1n) is 4.13. The first-order chi connectivity index (χ1) is 6.09. The molecule has 3 heteroatoms. The van der Waals surface area contributed by atoms with Crippen LogP contribution in [0.3, 0.4) is 0 Å². The molecule has 0 heterocycles. The lowest BCUT2D eigenvalue weighted by molar-refractivity contribution is -0.121. The Morgan fingerprint density at radius 2 is 2.31 bits per heavy atom. The van der Waals surface area contributed by atoms with E-state index in [2.05, 4.69) is 0 Å². The van der Waals surface area contributed by atoms with E-state index in [9.17, 15) is 4.79 Å². The highest BCUT2D eigenvalue weighted by atomic mass is 35.5. The lowest BCUT2D eigenvalue weighted by Gasteiger charge is -2.06. The van der Waals surface area contributed by atoms with Crippen molar-refractivity contribution < 1.29 is 4.79 Å². The van der Waals surface area contributed by atoms with Crippen LogP contribution in [-0.4, -0.2) is 5.91 Å². The van der Waals surface area contributed by atoms with Crippen molar-refractivity contribution >= 4 is 17.5 Å². The SMILES string of the molecule is CC(Cc1cccc(Cl)c1)C(N)=O. The molecule has 0 fully saturated rings. The number of primary amides is 1. The van der Waals surface area contributed by atoms with Gasteiger partial charge in [-0.15, -0.1) is 0 Å². The number of benzene rings is 1. The number of hydrogen-bond donors (Lipinski definition) is 1. The lowest BCUT2D eigenvalue weighted by Crippen LogP contribution is -2.22. The molecule has 1 aromatic carbocycles. The first-order valence-corrected chi connectivity index (χ1v) is 4.51. The Balaban J connectivity index is 2.69. The van der Waals surface area contributed by atoms with E-state index >= 15 is 0 Å². The van der Waals surface area contributed by atoms with Crippen molar-refractivity contribution in [2.24, 2.45) is 11.7 Å². The fourth-order valence-corrected chi connectivity index (χ4v) is 1.33. The maximum absolute atomic E-state index is 10.8. The van der Waals surface area contributed by atoms with Crippen LogP contribution in [-0.2, 0) is 11.2 Å². The molecular weight excluding hydrogens is 186 g/mol. The molecule has 1 atom stereocenters. The van der Waals surface area contributed by atoms with Gasteiger partial charge in [-0.05, 0) is 24.1 Å². The molecule has 0 bridgehead atoms. The average molecular weight is 198 g/mol. The van der Waals surface area contributed by atoms with Gasteiger partial charge < -0.3 is 5.73 Å².